The summed E-state index contributed by atoms with van der Waals surface area (Å²) in [6, 6.07) is 9.33. The fraction of sp³-hybridized carbons (Fsp3) is 0.355. The summed E-state index contributed by atoms with van der Waals surface area (Å²) in [7, 11) is 1.71. The summed E-state index contributed by atoms with van der Waals surface area (Å²) in [5, 5.41) is 0. The maximum atomic E-state index is 5.59. The molecule has 2 heteroatoms. The molecule has 0 aliphatic carbocycles. The van der Waals surface area contributed by atoms with Crippen LogP contribution in [0.5, 0.6) is 0 Å². The van der Waals surface area contributed by atoms with Gasteiger partial charge in [-0.3, -0.25) is 0 Å². The molecule has 0 unspecified atom stereocenters. The van der Waals surface area contributed by atoms with Crippen molar-refractivity contribution < 1.29 is 4.74 Å². The van der Waals surface area contributed by atoms with Gasteiger partial charge in [0.05, 0.1) is 7.11 Å². The maximum absolute atomic E-state index is 5.59. The van der Waals surface area contributed by atoms with E-state index in [-0.39, 0.29) is 6.71 Å². The van der Waals surface area contributed by atoms with Gasteiger partial charge in [-0.05, 0) is 80.4 Å². The van der Waals surface area contributed by atoms with Crippen LogP contribution in [0, 0.1) is 69.2 Å². The quantitative estimate of drug-likeness (QED) is 0.356. The number of hydrogen-bond acceptors (Lipinski definition) is 1. The zero-order valence-corrected chi connectivity index (χ0v) is 22.5. The summed E-state index contributed by atoms with van der Waals surface area (Å²) in [6.45, 7) is 26.8. The minimum atomic E-state index is 0.175. The third-order valence-electron chi connectivity index (χ3n) is 7.55. The van der Waals surface area contributed by atoms with E-state index in [1.807, 2.05) is 0 Å². The highest BCUT2D eigenvalue weighted by Gasteiger charge is 2.32. The molecule has 0 N–H and O–H groups in total. The van der Waals surface area contributed by atoms with Crippen molar-refractivity contribution in [2.45, 2.75) is 69.2 Å². The van der Waals surface area contributed by atoms with Crippen molar-refractivity contribution in [1.82, 2.24) is 0 Å². The number of aryl methyl sites for hydroxylation is 6. The van der Waals surface area contributed by atoms with Crippen molar-refractivity contribution in [3.8, 4) is 0 Å². The first kappa shape index (κ1) is 24.9. The summed E-state index contributed by atoms with van der Waals surface area (Å²) in [5.74, 6) is 0.740. The lowest BCUT2D eigenvalue weighted by Gasteiger charge is -2.30. The summed E-state index contributed by atoms with van der Waals surface area (Å²) in [5.41, 5.74) is 18.7. The topological polar surface area (TPSA) is 9.23 Å². The molecule has 3 aromatic rings. The predicted octanol–water partition coefficient (Wildman–Crippen LogP) is 5.90. The lowest BCUT2D eigenvalue weighted by molar-refractivity contribution is 0.370. The highest BCUT2D eigenvalue weighted by atomic mass is 16.5. The zero-order valence-electron chi connectivity index (χ0n) is 22.5. The summed E-state index contributed by atoms with van der Waals surface area (Å²) in [6.07, 6.45) is 0. The molecular weight excluding hydrogens is 399 g/mol. The Balaban J connectivity index is 2.52. The number of benzene rings is 3. The second kappa shape index (κ2) is 9.25. The maximum Gasteiger partial charge on any atom is 0.243 e. The number of rotatable bonds is 5. The van der Waals surface area contributed by atoms with Crippen LogP contribution in [0.4, 0.5) is 0 Å². The highest BCUT2D eigenvalue weighted by Crippen LogP contribution is 2.27. The summed E-state index contributed by atoms with van der Waals surface area (Å²) >= 11 is 0. The zero-order chi connectivity index (χ0) is 24.8. The van der Waals surface area contributed by atoms with Gasteiger partial charge in [0.25, 0.3) is 0 Å². The van der Waals surface area contributed by atoms with Crippen LogP contribution < -0.4 is 16.4 Å². The molecule has 0 amide bonds. The largest absolute Gasteiger partial charge is 0.497 e. The van der Waals surface area contributed by atoms with Gasteiger partial charge in [0.1, 0.15) is 5.76 Å². The van der Waals surface area contributed by atoms with Crippen molar-refractivity contribution in [2.75, 3.05) is 7.11 Å². The first-order valence-corrected chi connectivity index (χ1v) is 11.9. The predicted molar refractivity (Wildman–Crippen MR) is 147 cm³/mol. The van der Waals surface area contributed by atoms with E-state index in [9.17, 15) is 0 Å². The van der Waals surface area contributed by atoms with Gasteiger partial charge in [-0.25, -0.2) is 0 Å². The molecule has 0 bridgehead atoms. The van der Waals surface area contributed by atoms with E-state index < -0.39 is 0 Å². The van der Waals surface area contributed by atoms with Crippen LogP contribution in [0.3, 0.4) is 0 Å². The Bertz CT molecular complexity index is 1130. The second-order valence-corrected chi connectivity index (χ2v) is 9.97. The Morgan fingerprint density at radius 1 is 0.576 bits per heavy atom. The lowest BCUT2D eigenvalue weighted by atomic mass is 9.32. The molecule has 1 nitrogen and oxygen atoms in total. The average molecular weight is 438 g/mol. The Morgan fingerprint density at radius 2 is 0.909 bits per heavy atom. The van der Waals surface area contributed by atoms with Gasteiger partial charge in [0, 0.05) is 5.56 Å². The highest BCUT2D eigenvalue weighted by molar-refractivity contribution is 6.97. The molecule has 0 heterocycles. The number of ether oxygens (including phenoxy) is 1. The molecule has 0 saturated heterocycles. The van der Waals surface area contributed by atoms with Gasteiger partial charge in [-0.1, -0.05) is 91.7 Å². The van der Waals surface area contributed by atoms with Crippen LogP contribution in [0.1, 0.15) is 61.2 Å². The van der Waals surface area contributed by atoms with Gasteiger partial charge < -0.3 is 4.74 Å². The van der Waals surface area contributed by atoms with Crippen LogP contribution in [0.25, 0.3) is 5.76 Å². The molecule has 0 spiro atoms. The van der Waals surface area contributed by atoms with Gasteiger partial charge in [-0.2, -0.15) is 0 Å². The van der Waals surface area contributed by atoms with E-state index in [0.29, 0.717) is 0 Å². The van der Waals surface area contributed by atoms with E-state index in [1.54, 1.807) is 7.11 Å². The van der Waals surface area contributed by atoms with E-state index in [4.69, 9.17) is 4.74 Å². The molecule has 0 atom stereocenters. The standard InChI is InChI=1S/C31H39BO/c1-17-13-19(3)29(20(4)14-17)32(30-21(5)15-18(2)16-22(30)6)31-25(9)23(7)28(27(11)33-12)24(8)26(31)10/h13-16H,11H2,1-10,12H3. The van der Waals surface area contributed by atoms with E-state index >= 15 is 0 Å². The van der Waals surface area contributed by atoms with Crippen LogP contribution in [0.2, 0.25) is 0 Å². The number of hydrogen-bond donors (Lipinski definition) is 0. The molecule has 0 saturated carbocycles. The van der Waals surface area contributed by atoms with Gasteiger partial charge in [0.15, 0.2) is 0 Å². The Kier molecular flexibility index (Phi) is 6.98. The van der Waals surface area contributed by atoms with Crippen LogP contribution in [-0.2, 0) is 4.74 Å². The molecule has 0 aliphatic rings. The fourth-order valence-electron chi connectivity index (χ4n) is 6.02. The Labute approximate surface area is 202 Å². The third kappa shape index (κ3) is 4.28. The Morgan fingerprint density at radius 3 is 1.21 bits per heavy atom. The third-order valence-corrected chi connectivity index (χ3v) is 7.55. The smallest absolute Gasteiger partial charge is 0.243 e. The van der Waals surface area contributed by atoms with Crippen molar-refractivity contribution in [3.63, 3.8) is 0 Å². The minimum absolute atomic E-state index is 0.175. The van der Waals surface area contributed by atoms with E-state index in [1.165, 1.54) is 72.0 Å². The normalized spacial score (nSPS) is 11.0. The molecule has 3 rings (SSSR count). The Hall–Kier alpha value is -2.74. The molecular formula is C31H39BO. The summed E-state index contributed by atoms with van der Waals surface area (Å²) < 4.78 is 5.59. The molecule has 0 aromatic heterocycles. The van der Waals surface area contributed by atoms with Crippen molar-refractivity contribution in [2.24, 2.45) is 0 Å². The lowest BCUT2D eigenvalue weighted by Crippen LogP contribution is -2.57. The van der Waals surface area contributed by atoms with Gasteiger partial charge >= 0.3 is 0 Å². The van der Waals surface area contributed by atoms with E-state index in [0.717, 1.165) is 11.3 Å². The van der Waals surface area contributed by atoms with Crippen LogP contribution >= 0.6 is 0 Å². The molecule has 0 fully saturated rings. The summed E-state index contributed by atoms with van der Waals surface area (Å²) in [4.78, 5) is 0. The average Bonchev–Trinajstić information content (AvgIpc) is 2.70. The van der Waals surface area contributed by atoms with Crippen molar-refractivity contribution in [3.05, 3.63) is 92.0 Å². The van der Waals surface area contributed by atoms with Gasteiger partial charge in [-0.15, -0.1) is 0 Å². The first-order valence-electron chi connectivity index (χ1n) is 11.9. The fourth-order valence-corrected chi connectivity index (χ4v) is 6.02. The second-order valence-electron chi connectivity index (χ2n) is 9.97. The van der Waals surface area contributed by atoms with Crippen LogP contribution in [-0.4, -0.2) is 13.8 Å². The number of methoxy groups -OCH3 is 1. The molecule has 172 valence electrons. The first-order chi connectivity index (χ1) is 15.4. The van der Waals surface area contributed by atoms with Gasteiger partial charge in [0.2, 0.25) is 6.71 Å². The SMILES string of the molecule is C=C(OC)c1c(C)c(C)c(B(c2c(C)cc(C)cc2C)c2c(C)cc(C)cc2C)c(C)c1C. The molecule has 33 heavy (non-hydrogen) atoms. The van der Waals surface area contributed by atoms with Crippen LogP contribution in [0.15, 0.2) is 30.8 Å². The molecule has 3 aromatic carbocycles. The molecule has 0 aliphatic heterocycles. The van der Waals surface area contributed by atoms with Crippen molar-refractivity contribution >= 4 is 28.9 Å². The van der Waals surface area contributed by atoms with E-state index in [2.05, 4.69) is 100 Å². The van der Waals surface area contributed by atoms with Crippen molar-refractivity contribution in [1.29, 1.82) is 0 Å². The monoisotopic (exact) mass is 438 g/mol. The minimum Gasteiger partial charge on any atom is -0.497 e. The molecule has 0 radical (unpaired) electrons.